The first-order valence-corrected chi connectivity index (χ1v) is 6.31. The normalized spacial score (nSPS) is 19.1. The smallest absolute Gasteiger partial charge is 0.241 e. The lowest BCUT2D eigenvalue weighted by Crippen LogP contribution is -2.41. The summed E-state index contributed by atoms with van der Waals surface area (Å²) in [5.41, 5.74) is 3.25. The summed E-state index contributed by atoms with van der Waals surface area (Å²) in [6, 6.07) is 7.94. The number of carbonyl (C=O) groups excluding carboxylic acids is 1. The molecule has 1 aromatic rings. The standard InChI is InChI=1S/C15H20N2O/c1-11(2)10-17(3)14-9-8-12-6-4-5-7-13(12)16-15(14)18/h4-7,14H,1,8-10H2,2-3H3,(H,16,18)/t14-/m1/s1. The predicted octanol–water partition coefficient (Wildman–Crippen LogP) is 2.45. The fraction of sp³-hybridized carbons (Fsp3) is 0.400. The maximum Gasteiger partial charge on any atom is 0.241 e. The zero-order valence-electron chi connectivity index (χ0n) is 11.1. The summed E-state index contributed by atoms with van der Waals surface area (Å²) in [4.78, 5) is 14.3. The van der Waals surface area contributed by atoms with Crippen molar-refractivity contribution >= 4 is 11.6 Å². The van der Waals surface area contributed by atoms with Crippen molar-refractivity contribution in [2.45, 2.75) is 25.8 Å². The number of likely N-dealkylation sites (N-methyl/N-ethyl adjacent to an activating group) is 1. The number of hydrogen-bond acceptors (Lipinski definition) is 2. The Morgan fingerprint density at radius 3 is 2.94 bits per heavy atom. The highest BCUT2D eigenvalue weighted by molar-refractivity contribution is 5.96. The van der Waals surface area contributed by atoms with Gasteiger partial charge in [0, 0.05) is 12.2 Å². The van der Waals surface area contributed by atoms with Gasteiger partial charge in [0.2, 0.25) is 5.91 Å². The number of nitrogens with one attached hydrogen (secondary N) is 1. The molecule has 0 aliphatic carbocycles. The Bertz CT molecular complexity index is 467. The van der Waals surface area contributed by atoms with Crippen LogP contribution in [0.15, 0.2) is 36.4 Å². The first kappa shape index (κ1) is 12.8. The summed E-state index contributed by atoms with van der Waals surface area (Å²) in [6.45, 7) is 6.65. The lowest BCUT2D eigenvalue weighted by molar-refractivity contribution is -0.120. The summed E-state index contributed by atoms with van der Waals surface area (Å²) in [7, 11) is 1.98. The fourth-order valence-corrected chi connectivity index (χ4v) is 2.46. The molecule has 3 heteroatoms. The number of nitrogens with zero attached hydrogens (tertiary/aromatic N) is 1. The third-order valence-electron chi connectivity index (χ3n) is 3.32. The van der Waals surface area contributed by atoms with E-state index in [9.17, 15) is 4.79 Å². The summed E-state index contributed by atoms with van der Waals surface area (Å²) in [5.74, 6) is 0.0868. The zero-order chi connectivity index (χ0) is 13.1. The molecule has 0 saturated carbocycles. The Morgan fingerprint density at radius 2 is 2.22 bits per heavy atom. The zero-order valence-corrected chi connectivity index (χ0v) is 11.1. The Kier molecular flexibility index (Phi) is 3.82. The van der Waals surface area contributed by atoms with Crippen molar-refractivity contribution in [3.63, 3.8) is 0 Å². The van der Waals surface area contributed by atoms with Crippen LogP contribution in [-0.2, 0) is 11.2 Å². The van der Waals surface area contributed by atoms with E-state index in [-0.39, 0.29) is 11.9 Å². The van der Waals surface area contributed by atoms with Gasteiger partial charge < -0.3 is 5.32 Å². The molecular weight excluding hydrogens is 224 g/mol. The molecule has 96 valence electrons. The summed E-state index contributed by atoms with van der Waals surface area (Å²) in [5, 5.41) is 3.02. The van der Waals surface area contributed by atoms with Gasteiger partial charge in [-0.05, 0) is 38.4 Å². The van der Waals surface area contributed by atoms with Crippen molar-refractivity contribution in [3.8, 4) is 0 Å². The lowest BCUT2D eigenvalue weighted by atomic mass is 10.0. The Morgan fingerprint density at radius 1 is 1.50 bits per heavy atom. The number of benzene rings is 1. The Hall–Kier alpha value is -1.61. The molecule has 18 heavy (non-hydrogen) atoms. The molecule has 0 unspecified atom stereocenters. The molecule has 0 spiro atoms. The van der Waals surface area contributed by atoms with Crippen LogP contribution in [-0.4, -0.2) is 30.4 Å². The van der Waals surface area contributed by atoms with Crippen molar-refractivity contribution in [2.24, 2.45) is 0 Å². The maximum absolute atomic E-state index is 12.2. The first-order chi connectivity index (χ1) is 8.58. The molecule has 1 aliphatic rings. The van der Waals surface area contributed by atoms with E-state index >= 15 is 0 Å². The first-order valence-electron chi connectivity index (χ1n) is 6.31. The van der Waals surface area contributed by atoms with Crippen molar-refractivity contribution in [3.05, 3.63) is 42.0 Å². The second-order valence-electron chi connectivity index (χ2n) is 5.07. The van der Waals surface area contributed by atoms with Gasteiger partial charge in [0.05, 0.1) is 6.04 Å². The molecule has 3 nitrogen and oxygen atoms in total. The summed E-state index contributed by atoms with van der Waals surface area (Å²) < 4.78 is 0. The summed E-state index contributed by atoms with van der Waals surface area (Å²) in [6.07, 6.45) is 1.78. The average molecular weight is 244 g/mol. The van der Waals surface area contributed by atoms with Crippen molar-refractivity contribution in [1.29, 1.82) is 0 Å². The minimum atomic E-state index is -0.0749. The van der Waals surface area contributed by atoms with E-state index in [0.29, 0.717) is 0 Å². The third-order valence-corrected chi connectivity index (χ3v) is 3.32. The molecule has 1 amide bonds. The molecule has 0 aromatic heterocycles. The quantitative estimate of drug-likeness (QED) is 0.828. The van der Waals surface area contributed by atoms with Crippen molar-refractivity contribution < 1.29 is 4.79 Å². The van der Waals surface area contributed by atoms with E-state index in [0.717, 1.165) is 30.6 Å². The monoisotopic (exact) mass is 244 g/mol. The fourth-order valence-electron chi connectivity index (χ4n) is 2.46. The molecule has 0 radical (unpaired) electrons. The van der Waals surface area contributed by atoms with Crippen LogP contribution in [0.2, 0.25) is 0 Å². The van der Waals surface area contributed by atoms with Crippen molar-refractivity contribution in [2.75, 3.05) is 18.9 Å². The molecule has 1 aliphatic heterocycles. The number of carbonyl (C=O) groups is 1. The summed E-state index contributed by atoms with van der Waals surface area (Å²) >= 11 is 0. The van der Waals surface area contributed by atoms with Gasteiger partial charge in [0.1, 0.15) is 0 Å². The second-order valence-corrected chi connectivity index (χ2v) is 5.07. The van der Waals surface area contributed by atoms with Gasteiger partial charge in [-0.1, -0.05) is 30.4 Å². The van der Waals surface area contributed by atoms with Crippen LogP contribution in [0, 0.1) is 0 Å². The van der Waals surface area contributed by atoms with Gasteiger partial charge >= 0.3 is 0 Å². The van der Waals surface area contributed by atoms with Crippen LogP contribution in [0.4, 0.5) is 5.69 Å². The van der Waals surface area contributed by atoms with Gasteiger partial charge in [0.15, 0.2) is 0 Å². The van der Waals surface area contributed by atoms with E-state index < -0.39 is 0 Å². The molecule has 1 N–H and O–H groups in total. The van der Waals surface area contributed by atoms with Crippen LogP contribution in [0.5, 0.6) is 0 Å². The molecule has 1 atom stereocenters. The van der Waals surface area contributed by atoms with Crippen LogP contribution in [0.25, 0.3) is 0 Å². The minimum Gasteiger partial charge on any atom is -0.324 e. The molecular formula is C15H20N2O. The van der Waals surface area contributed by atoms with Crippen LogP contribution in [0.1, 0.15) is 18.9 Å². The van der Waals surface area contributed by atoms with Gasteiger partial charge in [-0.15, -0.1) is 0 Å². The SMILES string of the molecule is C=C(C)CN(C)[C@@H]1CCc2ccccc2NC1=O. The van der Waals surface area contributed by atoms with E-state index in [1.165, 1.54) is 5.56 Å². The number of hydrogen-bond donors (Lipinski definition) is 1. The van der Waals surface area contributed by atoms with E-state index in [4.69, 9.17) is 0 Å². The number of amides is 1. The van der Waals surface area contributed by atoms with Crippen LogP contribution >= 0.6 is 0 Å². The van der Waals surface area contributed by atoms with Gasteiger partial charge in [0.25, 0.3) is 0 Å². The van der Waals surface area contributed by atoms with Crippen molar-refractivity contribution in [1.82, 2.24) is 4.90 Å². The highest BCUT2D eigenvalue weighted by atomic mass is 16.2. The van der Waals surface area contributed by atoms with Gasteiger partial charge in [-0.2, -0.15) is 0 Å². The highest BCUT2D eigenvalue weighted by Gasteiger charge is 2.26. The predicted molar refractivity (Wildman–Crippen MR) is 74.6 cm³/mol. The maximum atomic E-state index is 12.2. The van der Waals surface area contributed by atoms with E-state index in [1.54, 1.807) is 0 Å². The van der Waals surface area contributed by atoms with E-state index in [2.05, 4.69) is 22.9 Å². The molecule has 0 fully saturated rings. The molecule has 0 saturated heterocycles. The highest BCUT2D eigenvalue weighted by Crippen LogP contribution is 2.23. The number of para-hydroxylation sites is 1. The topological polar surface area (TPSA) is 32.3 Å². The van der Waals surface area contributed by atoms with E-state index in [1.807, 2.05) is 32.2 Å². The Balaban J connectivity index is 2.14. The van der Waals surface area contributed by atoms with Crippen LogP contribution < -0.4 is 5.32 Å². The molecule has 1 heterocycles. The average Bonchev–Trinajstić information content (AvgIpc) is 2.46. The van der Waals surface area contributed by atoms with Gasteiger partial charge in [-0.3, -0.25) is 9.69 Å². The lowest BCUT2D eigenvalue weighted by Gasteiger charge is -2.25. The Labute approximate surface area is 108 Å². The number of anilines is 1. The number of aryl methyl sites for hydroxylation is 1. The number of fused-ring (bicyclic) bond motifs is 1. The molecule has 0 bridgehead atoms. The third kappa shape index (κ3) is 2.79. The molecule has 1 aromatic carbocycles. The number of rotatable bonds is 3. The van der Waals surface area contributed by atoms with Gasteiger partial charge in [-0.25, -0.2) is 0 Å². The second kappa shape index (κ2) is 5.36. The largest absolute Gasteiger partial charge is 0.324 e. The minimum absolute atomic E-state index is 0.0749. The molecule has 2 rings (SSSR count). The van der Waals surface area contributed by atoms with Crippen LogP contribution in [0.3, 0.4) is 0 Å².